The second kappa shape index (κ2) is 7.15. The first-order valence-electron chi connectivity index (χ1n) is 7.51. The van der Waals surface area contributed by atoms with Gasteiger partial charge in [0.1, 0.15) is 12.4 Å². The van der Waals surface area contributed by atoms with Crippen LogP contribution in [-0.2, 0) is 0 Å². The van der Waals surface area contributed by atoms with Gasteiger partial charge in [-0.25, -0.2) is 9.78 Å². The lowest BCUT2D eigenvalue weighted by Crippen LogP contribution is -2.07. The highest BCUT2D eigenvalue weighted by atomic mass is 32.1. The number of aromatic amines is 1. The lowest BCUT2D eigenvalue weighted by molar-refractivity contribution is 0.370. The Labute approximate surface area is 150 Å². The molecule has 0 spiro atoms. The number of para-hydroxylation sites is 1. The van der Waals surface area contributed by atoms with Crippen molar-refractivity contribution in [1.82, 2.24) is 24.7 Å². The van der Waals surface area contributed by atoms with Gasteiger partial charge in [-0.1, -0.05) is 18.1 Å². The number of H-pyrrole nitrogens is 1. The van der Waals surface area contributed by atoms with Crippen LogP contribution >= 0.6 is 12.2 Å². The molecule has 0 aliphatic carbocycles. The molecule has 25 heavy (non-hydrogen) atoms. The van der Waals surface area contributed by atoms with Crippen LogP contribution < -0.4 is 4.74 Å². The summed E-state index contributed by atoms with van der Waals surface area (Å²) in [4.78, 5) is 0. The quantitative estimate of drug-likeness (QED) is 0.435. The Bertz CT molecular complexity index is 1020. The van der Waals surface area contributed by atoms with Crippen molar-refractivity contribution < 1.29 is 4.74 Å². The van der Waals surface area contributed by atoms with Gasteiger partial charge in [0.25, 0.3) is 5.95 Å². The predicted octanol–water partition coefficient (Wildman–Crippen LogP) is 2.64. The van der Waals surface area contributed by atoms with Gasteiger partial charge in [-0.05, 0) is 44.3 Å². The minimum absolute atomic E-state index is 0.188. The Kier molecular flexibility index (Phi) is 4.77. The number of terminal acetylenes is 1. The van der Waals surface area contributed by atoms with E-state index < -0.39 is 0 Å². The zero-order chi connectivity index (χ0) is 17.8. The van der Waals surface area contributed by atoms with Crippen LogP contribution in [0.1, 0.15) is 17.0 Å². The molecule has 126 valence electrons. The van der Waals surface area contributed by atoms with E-state index in [9.17, 15) is 0 Å². The van der Waals surface area contributed by atoms with Crippen LogP contribution in [0, 0.1) is 31.0 Å². The lowest BCUT2D eigenvalue weighted by Gasteiger charge is -2.06. The van der Waals surface area contributed by atoms with Crippen molar-refractivity contribution in [2.24, 2.45) is 5.10 Å². The Morgan fingerprint density at radius 3 is 2.92 bits per heavy atom. The fourth-order valence-corrected chi connectivity index (χ4v) is 2.49. The van der Waals surface area contributed by atoms with Crippen molar-refractivity contribution in [2.45, 2.75) is 13.8 Å². The van der Waals surface area contributed by atoms with Gasteiger partial charge in [0.15, 0.2) is 0 Å². The monoisotopic (exact) mass is 352 g/mol. The van der Waals surface area contributed by atoms with Gasteiger partial charge in [0.05, 0.1) is 11.9 Å². The molecule has 1 N–H and O–H groups in total. The number of nitrogens with one attached hydrogen (secondary N) is 1. The third-order valence-electron chi connectivity index (χ3n) is 3.37. The number of hydrogen-bond acceptors (Lipinski definition) is 5. The smallest absolute Gasteiger partial charge is 0.271 e. The third kappa shape index (κ3) is 3.51. The number of hydrogen-bond donors (Lipinski definition) is 1. The molecule has 0 aliphatic rings. The Morgan fingerprint density at radius 2 is 2.20 bits per heavy atom. The molecule has 3 aromatic rings. The minimum Gasteiger partial charge on any atom is -0.480 e. The molecule has 0 amide bonds. The van der Waals surface area contributed by atoms with Crippen LogP contribution in [0.3, 0.4) is 0 Å². The maximum absolute atomic E-state index is 5.52. The topological polar surface area (TPSA) is 73.0 Å². The Balaban J connectivity index is 1.99. The normalized spacial score (nSPS) is 10.9. The first-order chi connectivity index (χ1) is 12.1. The molecule has 0 saturated heterocycles. The van der Waals surface area contributed by atoms with E-state index in [1.54, 1.807) is 10.9 Å². The Hall–Kier alpha value is -3.18. The molecule has 0 atom stereocenters. The molecule has 0 aliphatic heterocycles. The maximum atomic E-state index is 5.52. The number of nitrogens with zero attached hydrogens (tertiary/aromatic N) is 5. The summed E-state index contributed by atoms with van der Waals surface area (Å²) in [6.45, 7) is 4.04. The van der Waals surface area contributed by atoms with E-state index in [0.717, 1.165) is 17.0 Å². The van der Waals surface area contributed by atoms with E-state index >= 15 is 0 Å². The summed E-state index contributed by atoms with van der Waals surface area (Å²) < 4.78 is 9.07. The molecule has 7 nitrogen and oxygen atoms in total. The number of ether oxygens (including phenoxy) is 1. The highest BCUT2D eigenvalue weighted by Crippen LogP contribution is 2.16. The van der Waals surface area contributed by atoms with Crippen LogP contribution in [0.4, 0.5) is 0 Å². The van der Waals surface area contributed by atoms with E-state index in [-0.39, 0.29) is 6.61 Å². The predicted molar refractivity (Wildman–Crippen MR) is 97.8 cm³/mol. The van der Waals surface area contributed by atoms with Crippen LogP contribution in [-0.4, -0.2) is 37.5 Å². The number of rotatable bonds is 5. The third-order valence-corrected chi connectivity index (χ3v) is 3.64. The first kappa shape index (κ1) is 16.7. The van der Waals surface area contributed by atoms with Crippen molar-refractivity contribution in [1.29, 1.82) is 0 Å². The molecule has 0 unspecified atom stereocenters. The van der Waals surface area contributed by atoms with E-state index in [2.05, 4.69) is 26.3 Å². The molecular weight excluding hydrogens is 336 g/mol. The van der Waals surface area contributed by atoms with Crippen LogP contribution in [0.15, 0.2) is 35.4 Å². The number of aromatic nitrogens is 5. The van der Waals surface area contributed by atoms with E-state index in [1.165, 1.54) is 4.68 Å². The van der Waals surface area contributed by atoms with Gasteiger partial charge >= 0.3 is 0 Å². The molecule has 0 saturated carbocycles. The molecule has 8 heteroatoms. The molecular formula is C17H16N6OS. The summed E-state index contributed by atoms with van der Waals surface area (Å²) in [5.41, 5.74) is 2.59. The van der Waals surface area contributed by atoms with E-state index in [4.69, 9.17) is 23.4 Å². The zero-order valence-corrected chi connectivity index (χ0v) is 14.6. The molecule has 1 aromatic carbocycles. The average molecular weight is 352 g/mol. The standard InChI is InChI=1S/C17H16N6OS/c1-4-9-24-15-8-6-5-7-14(15)11-18-23-16(19-20-17(23)25)22-13(3)10-12(2)21-22/h1,5-8,10-11H,9H2,2-3H3,(H,20,25)/b18-11-. The van der Waals surface area contributed by atoms with Crippen molar-refractivity contribution in [3.05, 3.63) is 52.1 Å². The van der Waals surface area contributed by atoms with Gasteiger partial charge in [-0.3, -0.25) is 0 Å². The molecule has 2 aromatic heterocycles. The van der Waals surface area contributed by atoms with Gasteiger partial charge < -0.3 is 4.74 Å². The summed E-state index contributed by atoms with van der Waals surface area (Å²) >= 11 is 5.27. The summed E-state index contributed by atoms with van der Waals surface area (Å²) in [6, 6.07) is 9.42. The molecule has 3 rings (SSSR count). The highest BCUT2D eigenvalue weighted by Gasteiger charge is 2.12. The lowest BCUT2D eigenvalue weighted by atomic mass is 10.2. The van der Waals surface area contributed by atoms with Gasteiger partial charge in [-0.15, -0.1) is 11.5 Å². The molecule has 0 bridgehead atoms. The van der Waals surface area contributed by atoms with Crippen LogP contribution in [0.5, 0.6) is 5.75 Å². The summed E-state index contributed by atoms with van der Waals surface area (Å²) in [5.74, 6) is 3.57. The second-order valence-corrected chi connectivity index (χ2v) is 5.64. The fourth-order valence-electron chi connectivity index (χ4n) is 2.31. The van der Waals surface area contributed by atoms with Gasteiger partial charge in [0, 0.05) is 11.3 Å². The van der Waals surface area contributed by atoms with E-state index in [0.29, 0.717) is 16.5 Å². The van der Waals surface area contributed by atoms with E-state index in [1.807, 2.05) is 44.2 Å². The van der Waals surface area contributed by atoms with Crippen molar-refractivity contribution >= 4 is 18.4 Å². The van der Waals surface area contributed by atoms with Crippen LogP contribution in [0.25, 0.3) is 5.95 Å². The summed E-state index contributed by atoms with van der Waals surface area (Å²) in [5, 5.41) is 15.8. The zero-order valence-electron chi connectivity index (χ0n) is 13.8. The van der Waals surface area contributed by atoms with Crippen molar-refractivity contribution in [2.75, 3.05) is 6.61 Å². The van der Waals surface area contributed by atoms with Gasteiger partial charge in [0.2, 0.25) is 4.77 Å². The largest absolute Gasteiger partial charge is 0.480 e. The minimum atomic E-state index is 0.188. The van der Waals surface area contributed by atoms with Crippen molar-refractivity contribution in [3.63, 3.8) is 0 Å². The highest BCUT2D eigenvalue weighted by molar-refractivity contribution is 7.71. The van der Waals surface area contributed by atoms with Gasteiger partial charge in [-0.2, -0.15) is 14.9 Å². The molecule has 2 heterocycles. The summed E-state index contributed by atoms with van der Waals surface area (Å²) in [6.07, 6.45) is 6.89. The molecule has 0 radical (unpaired) electrons. The average Bonchev–Trinajstić information content (AvgIpc) is 3.13. The number of aryl methyl sites for hydroxylation is 2. The van der Waals surface area contributed by atoms with Crippen LogP contribution in [0.2, 0.25) is 0 Å². The molecule has 0 fully saturated rings. The number of benzene rings is 1. The first-order valence-corrected chi connectivity index (χ1v) is 7.91. The Morgan fingerprint density at radius 1 is 1.40 bits per heavy atom. The van der Waals surface area contributed by atoms with Crippen molar-refractivity contribution in [3.8, 4) is 24.0 Å². The summed E-state index contributed by atoms with van der Waals surface area (Å²) in [7, 11) is 0. The fraction of sp³-hybridized carbons (Fsp3) is 0.176. The maximum Gasteiger partial charge on any atom is 0.271 e. The SMILES string of the molecule is C#CCOc1ccccc1/C=N\n1c(-n2nc(C)cc2C)n[nH]c1=S. The second-order valence-electron chi connectivity index (χ2n) is 5.25.